The number of hydrogen-bond acceptors (Lipinski definition) is 4. The molecular formula is C11H19N3O. The molecule has 15 heavy (non-hydrogen) atoms. The average molecular weight is 209 g/mol. The maximum atomic E-state index is 5.73. The van der Waals surface area contributed by atoms with Gasteiger partial charge in [-0.2, -0.15) is 0 Å². The summed E-state index contributed by atoms with van der Waals surface area (Å²) in [4.78, 5) is 6.47. The minimum Gasteiger partial charge on any atom is -0.399 e. The molecule has 0 aromatic carbocycles. The number of methoxy groups -OCH3 is 1. The van der Waals surface area contributed by atoms with Crippen molar-refractivity contribution in [2.45, 2.75) is 19.9 Å². The largest absolute Gasteiger partial charge is 0.399 e. The minimum absolute atomic E-state index is 0.300. The van der Waals surface area contributed by atoms with Crippen molar-refractivity contribution in [3.05, 3.63) is 18.3 Å². The number of ether oxygens (including phenoxy) is 1. The van der Waals surface area contributed by atoms with Crippen molar-refractivity contribution < 1.29 is 4.74 Å². The van der Waals surface area contributed by atoms with Gasteiger partial charge in [0.05, 0.1) is 12.6 Å². The molecule has 0 saturated carbocycles. The first-order valence-electron chi connectivity index (χ1n) is 5.16. The van der Waals surface area contributed by atoms with Gasteiger partial charge in [0.25, 0.3) is 0 Å². The molecule has 1 rings (SSSR count). The summed E-state index contributed by atoms with van der Waals surface area (Å²) in [6.45, 7) is 5.78. The second-order valence-corrected chi connectivity index (χ2v) is 3.54. The number of nitrogens with zero attached hydrogens (tertiary/aromatic N) is 2. The van der Waals surface area contributed by atoms with Crippen LogP contribution < -0.4 is 10.6 Å². The van der Waals surface area contributed by atoms with Crippen LogP contribution in [-0.2, 0) is 4.74 Å². The minimum atomic E-state index is 0.300. The molecule has 2 N–H and O–H groups in total. The zero-order chi connectivity index (χ0) is 11.3. The van der Waals surface area contributed by atoms with Crippen LogP contribution in [0, 0.1) is 0 Å². The first-order chi connectivity index (χ1) is 7.19. The Kier molecular flexibility index (Phi) is 4.37. The molecular weight excluding hydrogens is 190 g/mol. The summed E-state index contributed by atoms with van der Waals surface area (Å²) in [5.74, 6) is 0.905. The molecule has 4 heteroatoms. The molecule has 0 aliphatic rings. The lowest BCUT2D eigenvalue weighted by molar-refractivity contribution is 0.181. The molecule has 1 atom stereocenters. The van der Waals surface area contributed by atoms with E-state index in [2.05, 4.69) is 23.7 Å². The Morgan fingerprint density at radius 1 is 1.60 bits per heavy atom. The summed E-state index contributed by atoms with van der Waals surface area (Å²) < 4.78 is 5.14. The summed E-state index contributed by atoms with van der Waals surface area (Å²) in [5, 5.41) is 0. The van der Waals surface area contributed by atoms with Crippen LogP contribution >= 0.6 is 0 Å². The number of likely N-dealkylation sites (N-methyl/N-ethyl adjacent to an activating group) is 1. The fraction of sp³-hybridized carbons (Fsp3) is 0.545. The molecule has 0 aliphatic carbocycles. The first kappa shape index (κ1) is 11.8. The van der Waals surface area contributed by atoms with Gasteiger partial charge in [0, 0.05) is 31.6 Å². The predicted molar refractivity (Wildman–Crippen MR) is 63.0 cm³/mol. The van der Waals surface area contributed by atoms with E-state index in [0.717, 1.165) is 18.1 Å². The molecule has 0 fully saturated rings. The van der Waals surface area contributed by atoms with Gasteiger partial charge in [-0.25, -0.2) is 4.98 Å². The van der Waals surface area contributed by atoms with Gasteiger partial charge in [-0.15, -0.1) is 0 Å². The topological polar surface area (TPSA) is 51.4 Å². The molecule has 0 spiro atoms. The highest BCUT2D eigenvalue weighted by molar-refractivity contribution is 5.50. The van der Waals surface area contributed by atoms with Crippen LogP contribution in [-0.4, -0.2) is 31.3 Å². The third-order valence-electron chi connectivity index (χ3n) is 2.34. The van der Waals surface area contributed by atoms with Gasteiger partial charge in [-0.05, 0) is 19.9 Å². The van der Waals surface area contributed by atoms with Gasteiger partial charge in [0.15, 0.2) is 0 Å². The Morgan fingerprint density at radius 2 is 2.33 bits per heavy atom. The molecule has 1 unspecified atom stereocenters. The van der Waals surface area contributed by atoms with E-state index in [0.29, 0.717) is 12.6 Å². The lowest BCUT2D eigenvalue weighted by Gasteiger charge is -2.28. The fourth-order valence-electron chi connectivity index (χ4n) is 1.62. The average Bonchev–Trinajstić information content (AvgIpc) is 2.19. The molecule has 0 radical (unpaired) electrons. The molecule has 1 heterocycles. The Labute approximate surface area is 91.1 Å². The Morgan fingerprint density at radius 3 is 2.87 bits per heavy atom. The van der Waals surface area contributed by atoms with Crippen molar-refractivity contribution in [1.82, 2.24) is 4.98 Å². The smallest absolute Gasteiger partial charge is 0.130 e. The lowest BCUT2D eigenvalue weighted by Crippen LogP contribution is -2.36. The lowest BCUT2D eigenvalue weighted by atomic mass is 10.2. The number of pyridine rings is 1. The number of aromatic nitrogens is 1. The monoisotopic (exact) mass is 209 g/mol. The Balaban J connectivity index is 2.82. The maximum Gasteiger partial charge on any atom is 0.130 e. The van der Waals surface area contributed by atoms with E-state index in [9.17, 15) is 0 Å². The van der Waals surface area contributed by atoms with Crippen molar-refractivity contribution in [1.29, 1.82) is 0 Å². The van der Waals surface area contributed by atoms with Crippen LogP contribution in [0.5, 0.6) is 0 Å². The van der Waals surface area contributed by atoms with Gasteiger partial charge in [0.1, 0.15) is 5.82 Å². The van der Waals surface area contributed by atoms with E-state index in [4.69, 9.17) is 10.5 Å². The van der Waals surface area contributed by atoms with Gasteiger partial charge in [0.2, 0.25) is 0 Å². The molecule has 0 amide bonds. The second-order valence-electron chi connectivity index (χ2n) is 3.54. The normalized spacial score (nSPS) is 12.5. The zero-order valence-corrected chi connectivity index (χ0v) is 9.60. The molecule has 1 aromatic heterocycles. The third kappa shape index (κ3) is 3.09. The highest BCUT2D eigenvalue weighted by Gasteiger charge is 2.13. The summed E-state index contributed by atoms with van der Waals surface area (Å²) in [5.41, 5.74) is 6.47. The number of nitrogen functional groups attached to an aromatic ring is 1. The summed E-state index contributed by atoms with van der Waals surface area (Å²) in [7, 11) is 1.71. The van der Waals surface area contributed by atoms with Gasteiger partial charge in [-0.3, -0.25) is 0 Å². The molecule has 1 aromatic rings. The molecule has 0 bridgehead atoms. The maximum absolute atomic E-state index is 5.73. The van der Waals surface area contributed by atoms with E-state index in [-0.39, 0.29) is 0 Å². The van der Waals surface area contributed by atoms with Crippen LogP contribution in [0.1, 0.15) is 13.8 Å². The quantitative estimate of drug-likeness (QED) is 0.799. The summed E-state index contributed by atoms with van der Waals surface area (Å²) >= 11 is 0. The first-order valence-corrected chi connectivity index (χ1v) is 5.16. The number of hydrogen-bond donors (Lipinski definition) is 1. The molecule has 0 aliphatic heterocycles. The van der Waals surface area contributed by atoms with Gasteiger partial charge < -0.3 is 15.4 Å². The van der Waals surface area contributed by atoms with Crippen molar-refractivity contribution in [2.75, 3.05) is 30.9 Å². The standard InChI is InChI=1S/C11H19N3O/c1-4-14(9(2)8-15-3)11-7-10(12)5-6-13-11/h5-7,9H,4,8H2,1-3H3,(H2,12,13). The predicted octanol–water partition coefficient (Wildman–Crippen LogP) is 1.52. The summed E-state index contributed by atoms with van der Waals surface area (Å²) in [6, 6.07) is 3.97. The molecule has 0 saturated heterocycles. The Hall–Kier alpha value is -1.29. The van der Waals surface area contributed by atoms with Crippen molar-refractivity contribution >= 4 is 11.5 Å². The number of nitrogens with two attached hydrogens (primary N) is 1. The second kappa shape index (κ2) is 5.56. The van der Waals surface area contributed by atoms with E-state index in [1.165, 1.54) is 0 Å². The highest BCUT2D eigenvalue weighted by atomic mass is 16.5. The summed E-state index contributed by atoms with van der Waals surface area (Å²) in [6.07, 6.45) is 1.73. The van der Waals surface area contributed by atoms with Crippen molar-refractivity contribution in [3.8, 4) is 0 Å². The zero-order valence-electron chi connectivity index (χ0n) is 9.60. The number of rotatable bonds is 5. The highest BCUT2D eigenvalue weighted by Crippen LogP contribution is 2.16. The van der Waals surface area contributed by atoms with E-state index < -0.39 is 0 Å². The van der Waals surface area contributed by atoms with Crippen LogP contribution in [0.4, 0.5) is 11.5 Å². The van der Waals surface area contributed by atoms with E-state index >= 15 is 0 Å². The third-order valence-corrected chi connectivity index (χ3v) is 2.34. The van der Waals surface area contributed by atoms with Gasteiger partial charge >= 0.3 is 0 Å². The Bertz CT molecular complexity index is 304. The number of anilines is 2. The van der Waals surface area contributed by atoms with E-state index in [1.54, 1.807) is 19.4 Å². The van der Waals surface area contributed by atoms with Crippen LogP contribution in [0.25, 0.3) is 0 Å². The van der Waals surface area contributed by atoms with Crippen LogP contribution in [0.3, 0.4) is 0 Å². The van der Waals surface area contributed by atoms with Crippen molar-refractivity contribution in [2.24, 2.45) is 0 Å². The fourth-order valence-corrected chi connectivity index (χ4v) is 1.62. The van der Waals surface area contributed by atoms with Gasteiger partial charge in [-0.1, -0.05) is 0 Å². The molecule has 84 valence electrons. The van der Waals surface area contributed by atoms with Crippen LogP contribution in [0.2, 0.25) is 0 Å². The van der Waals surface area contributed by atoms with E-state index in [1.807, 2.05) is 6.07 Å². The molecule has 4 nitrogen and oxygen atoms in total. The SMILES string of the molecule is CCN(c1cc(N)ccn1)C(C)COC. The van der Waals surface area contributed by atoms with Crippen LogP contribution in [0.15, 0.2) is 18.3 Å². The van der Waals surface area contributed by atoms with Crippen molar-refractivity contribution in [3.63, 3.8) is 0 Å².